The second kappa shape index (κ2) is 11.5. The second-order valence-corrected chi connectivity index (χ2v) is 7.42. The molecule has 0 fully saturated rings. The highest BCUT2D eigenvalue weighted by molar-refractivity contribution is 8.02. The largest absolute Gasteiger partial charge is 0.497 e. The summed E-state index contributed by atoms with van der Waals surface area (Å²) in [5.74, 6) is 1.69. The molecule has 0 unspecified atom stereocenters. The minimum Gasteiger partial charge on any atom is -0.497 e. The number of methoxy groups -OCH3 is 2. The van der Waals surface area contributed by atoms with E-state index in [1.165, 1.54) is 37.3 Å². The molecular formula is C24H22N4O4S. The van der Waals surface area contributed by atoms with E-state index in [1.54, 1.807) is 25.3 Å². The van der Waals surface area contributed by atoms with Gasteiger partial charge in [-0.05, 0) is 36.1 Å². The maximum Gasteiger partial charge on any atom is 0.195 e. The molecule has 0 amide bonds. The normalized spacial score (nSPS) is 10.8. The molecule has 9 heteroatoms. The van der Waals surface area contributed by atoms with Gasteiger partial charge < -0.3 is 19.5 Å². The molecule has 168 valence electrons. The van der Waals surface area contributed by atoms with Crippen molar-refractivity contribution in [2.24, 2.45) is 0 Å². The van der Waals surface area contributed by atoms with Crippen molar-refractivity contribution in [3.05, 3.63) is 82.8 Å². The Morgan fingerprint density at radius 3 is 2.45 bits per heavy atom. The first-order chi connectivity index (χ1) is 16.1. The van der Waals surface area contributed by atoms with Crippen molar-refractivity contribution in [3.8, 4) is 23.3 Å². The molecule has 0 aliphatic heterocycles. The molecule has 3 rings (SSSR count). The lowest BCUT2D eigenvalue weighted by molar-refractivity contribution is 0.103. The molecule has 3 aromatic rings. The molecule has 0 saturated carbocycles. The summed E-state index contributed by atoms with van der Waals surface area (Å²) in [5.41, 5.74) is 1.45. The number of anilines is 1. The number of allylic oxidation sites excluding steroid dienone is 1. The Hall–Kier alpha value is -4.03. The Morgan fingerprint density at radius 1 is 1.09 bits per heavy atom. The van der Waals surface area contributed by atoms with Gasteiger partial charge >= 0.3 is 0 Å². The lowest BCUT2D eigenvalue weighted by atomic mass is 10.1. The summed E-state index contributed by atoms with van der Waals surface area (Å²) in [5, 5.41) is 12.4. The quantitative estimate of drug-likeness (QED) is 0.345. The first-order valence-electron chi connectivity index (χ1n) is 9.79. The van der Waals surface area contributed by atoms with Gasteiger partial charge in [0.1, 0.15) is 41.3 Å². The maximum absolute atomic E-state index is 13.2. The van der Waals surface area contributed by atoms with Crippen LogP contribution < -0.4 is 19.5 Å². The smallest absolute Gasteiger partial charge is 0.195 e. The minimum absolute atomic E-state index is 0.207. The highest BCUT2D eigenvalue weighted by Gasteiger charge is 2.18. The van der Waals surface area contributed by atoms with E-state index < -0.39 is 0 Å². The van der Waals surface area contributed by atoms with Crippen LogP contribution in [-0.2, 0) is 6.61 Å². The number of carbonyl (C=O) groups excluding carboxylic acids is 1. The molecule has 0 atom stereocenters. The zero-order valence-electron chi connectivity index (χ0n) is 18.4. The average Bonchev–Trinajstić information content (AvgIpc) is 2.87. The SMILES string of the molecule is COc1ccc(COc2cccc(OC)c2C(=O)/C=C(\Nc2cnc(C#N)cn2)SC)cc1. The van der Waals surface area contributed by atoms with Gasteiger partial charge in [-0.3, -0.25) is 4.79 Å². The van der Waals surface area contributed by atoms with E-state index >= 15 is 0 Å². The molecule has 33 heavy (non-hydrogen) atoms. The van der Waals surface area contributed by atoms with Gasteiger partial charge in [-0.1, -0.05) is 18.2 Å². The van der Waals surface area contributed by atoms with E-state index in [9.17, 15) is 4.79 Å². The van der Waals surface area contributed by atoms with Gasteiger partial charge in [0.05, 0.1) is 31.6 Å². The fourth-order valence-corrected chi connectivity index (χ4v) is 3.27. The number of nitriles is 1. The number of ketones is 1. The first kappa shape index (κ1) is 23.6. The van der Waals surface area contributed by atoms with Crippen LogP contribution in [0.1, 0.15) is 21.6 Å². The number of hydrogen-bond acceptors (Lipinski definition) is 9. The zero-order chi connectivity index (χ0) is 23.6. The van der Waals surface area contributed by atoms with Gasteiger partial charge in [0.25, 0.3) is 0 Å². The number of aromatic nitrogens is 2. The fourth-order valence-electron chi connectivity index (χ4n) is 2.84. The molecular weight excluding hydrogens is 440 g/mol. The Morgan fingerprint density at radius 2 is 1.85 bits per heavy atom. The van der Waals surface area contributed by atoms with E-state index in [1.807, 2.05) is 36.6 Å². The van der Waals surface area contributed by atoms with Crippen molar-refractivity contribution in [1.29, 1.82) is 5.26 Å². The molecule has 0 saturated heterocycles. The molecule has 8 nitrogen and oxygen atoms in total. The number of carbonyl (C=O) groups is 1. The Kier molecular flexibility index (Phi) is 8.27. The number of benzene rings is 2. The molecule has 0 spiro atoms. The summed E-state index contributed by atoms with van der Waals surface area (Å²) >= 11 is 1.33. The zero-order valence-corrected chi connectivity index (χ0v) is 19.2. The predicted octanol–water partition coefficient (Wildman–Crippen LogP) is 4.44. The van der Waals surface area contributed by atoms with Crippen LogP contribution in [-0.4, -0.2) is 36.2 Å². The predicted molar refractivity (Wildman–Crippen MR) is 127 cm³/mol. The standard InChI is InChI=1S/C24H22N4O4S/c1-30-18-9-7-16(8-10-18)15-32-21-6-4-5-20(31-2)24(21)19(29)11-23(33-3)28-22-14-26-17(12-25)13-27-22/h4-11,13-14H,15H2,1-3H3,(H,27,28)/b23-11+. The number of rotatable bonds is 10. The summed E-state index contributed by atoms with van der Waals surface area (Å²) in [7, 11) is 3.11. The van der Waals surface area contributed by atoms with Gasteiger partial charge in [-0.2, -0.15) is 5.26 Å². The number of thioether (sulfide) groups is 1. The van der Waals surface area contributed by atoms with E-state index in [4.69, 9.17) is 19.5 Å². The summed E-state index contributed by atoms with van der Waals surface area (Å²) in [6.45, 7) is 0.273. The topological polar surface area (TPSA) is 106 Å². The van der Waals surface area contributed by atoms with Crippen LogP contribution >= 0.6 is 11.8 Å². The lowest BCUT2D eigenvalue weighted by Crippen LogP contribution is -2.07. The van der Waals surface area contributed by atoms with Crippen molar-refractivity contribution in [2.45, 2.75) is 6.61 Å². The van der Waals surface area contributed by atoms with Crippen LogP contribution in [0.15, 0.2) is 66.0 Å². The fraction of sp³-hybridized carbons (Fsp3) is 0.167. The van der Waals surface area contributed by atoms with Crippen molar-refractivity contribution in [3.63, 3.8) is 0 Å². The Labute approximate surface area is 196 Å². The van der Waals surface area contributed by atoms with Gasteiger partial charge in [0, 0.05) is 6.08 Å². The van der Waals surface area contributed by atoms with Crippen LogP contribution in [0.4, 0.5) is 5.82 Å². The third-order valence-corrected chi connectivity index (χ3v) is 5.17. The molecule has 2 aromatic carbocycles. The van der Waals surface area contributed by atoms with Crippen LogP contribution in [0, 0.1) is 11.3 Å². The molecule has 0 radical (unpaired) electrons. The van der Waals surface area contributed by atoms with Crippen LogP contribution in [0.5, 0.6) is 17.2 Å². The number of nitrogens with one attached hydrogen (secondary N) is 1. The van der Waals surface area contributed by atoms with Crippen molar-refractivity contribution in [2.75, 3.05) is 25.8 Å². The maximum atomic E-state index is 13.2. The molecule has 0 bridgehead atoms. The van der Waals surface area contributed by atoms with Gasteiger partial charge in [-0.15, -0.1) is 11.8 Å². The van der Waals surface area contributed by atoms with Crippen molar-refractivity contribution < 1.29 is 19.0 Å². The Bertz CT molecular complexity index is 1170. The number of ether oxygens (including phenoxy) is 3. The highest BCUT2D eigenvalue weighted by atomic mass is 32.2. The third-order valence-electron chi connectivity index (χ3n) is 4.51. The summed E-state index contributed by atoms with van der Waals surface area (Å²) in [6, 6.07) is 14.6. The number of hydrogen-bond donors (Lipinski definition) is 1. The molecule has 0 aliphatic rings. The van der Waals surface area contributed by atoms with Crippen LogP contribution in [0.25, 0.3) is 0 Å². The summed E-state index contributed by atoms with van der Waals surface area (Å²) in [6.07, 6.45) is 6.06. The average molecular weight is 463 g/mol. The highest BCUT2D eigenvalue weighted by Crippen LogP contribution is 2.31. The number of nitrogens with zero attached hydrogens (tertiary/aromatic N) is 3. The van der Waals surface area contributed by atoms with Gasteiger partial charge in [0.15, 0.2) is 11.5 Å². The van der Waals surface area contributed by atoms with E-state index in [-0.39, 0.29) is 18.1 Å². The lowest BCUT2D eigenvalue weighted by Gasteiger charge is -2.14. The van der Waals surface area contributed by atoms with E-state index in [2.05, 4.69) is 15.3 Å². The van der Waals surface area contributed by atoms with E-state index in [0.717, 1.165) is 11.3 Å². The van der Waals surface area contributed by atoms with Crippen LogP contribution in [0.2, 0.25) is 0 Å². The Balaban J connectivity index is 1.82. The summed E-state index contributed by atoms with van der Waals surface area (Å²) in [4.78, 5) is 21.3. The minimum atomic E-state index is -0.296. The summed E-state index contributed by atoms with van der Waals surface area (Å²) < 4.78 is 16.6. The van der Waals surface area contributed by atoms with E-state index in [0.29, 0.717) is 27.9 Å². The van der Waals surface area contributed by atoms with Gasteiger partial charge in [-0.25, -0.2) is 9.97 Å². The first-order valence-corrected chi connectivity index (χ1v) is 11.0. The molecule has 1 aromatic heterocycles. The molecule has 1 heterocycles. The molecule has 1 N–H and O–H groups in total. The van der Waals surface area contributed by atoms with Crippen LogP contribution in [0.3, 0.4) is 0 Å². The third kappa shape index (κ3) is 6.24. The van der Waals surface area contributed by atoms with Crippen molar-refractivity contribution in [1.82, 2.24) is 9.97 Å². The second-order valence-electron chi connectivity index (χ2n) is 6.57. The monoisotopic (exact) mass is 462 g/mol. The van der Waals surface area contributed by atoms with Gasteiger partial charge in [0.2, 0.25) is 0 Å². The molecule has 0 aliphatic carbocycles. The van der Waals surface area contributed by atoms with Crippen molar-refractivity contribution >= 4 is 23.4 Å².